The number of rotatable bonds is 5. The van der Waals surface area contributed by atoms with Crippen LogP contribution in [0.1, 0.15) is 33.0 Å². The number of hydrogen-bond donors (Lipinski definition) is 1. The molecule has 1 aromatic heterocycles. The largest absolute Gasteiger partial charge is 0.466 e. The molecule has 152 valence electrons. The number of thioether (sulfide) groups is 1. The maximum Gasteiger partial charge on any atom is 0.293 e. The molecule has 2 heterocycles. The molecule has 0 aliphatic carbocycles. The fraction of sp³-hybridized carbons (Fsp3) is 0.250. The molecule has 6 nitrogen and oxygen atoms in total. The Morgan fingerprint density at radius 2 is 1.93 bits per heavy atom. The zero-order valence-electron chi connectivity index (χ0n) is 16.0. The van der Waals surface area contributed by atoms with E-state index in [-0.39, 0.29) is 23.9 Å². The first kappa shape index (κ1) is 21.5. The molecular weight excluding hydrogens is 435 g/mol. The van der Waals surface area contributed by atoms with Crippen LogP contribution in [0, 0.1) is 20.8 Å². The Balaban J connectivity index is 1.66. The molecule has 1 saturated heterocycles. The van der Waals surface area contributed by atoms with Gasteiger partial charge in [0, 0.05) is 18.7 Å². The number of aryl methyl sites for hydroxylation is 2. The number of furan rings is 1. The first-order valence-corrected chi connectivity index (χ1v) is 10.3. The van der Waals surface area contributed by atoms with E-state index < -0.39 is 11.1 Å². The molecule has 0 atom stereocenters. The van der Waals surface area contributed by atoms with Gasteiger partial charge in [0.05, 0.1) is 20.5 Å². The lowest BCUT2D eigenvalue weighted by atomic mass is 10.1. The second-order valence-electron chi connectivity index (χ2n) is 6.45. The van der Waals surface area contributed by atoms with Gasteiger partial charge in [0.2, 0.25) is 0 Å². The van der Waals surface area contributed by atoms with Crippen molar-refractivity contribution in [2.75, 3.05) is 13.1 Å². The van der Waals surface area contributed by atoms with E-state index in [2.05, 4.69) is 5.32 Å². The Bertz CT molecular complexity index is 1050. The minimum absolute atomic E-state index is 0.0615. The van der Waals surface area contributed by atoms with Crippen LogP contribution in [-0.4, -0.2) is 35.0 Å². The van der Waals surface area contributed by atoms with Crippen LogP contribution in [0.3, 0.4) is 0 Å². The van der Waals surface area contributed by atoms with Gasteiger partial charge in [0.1, 0.15) is 11.5 Å². The highest BCUT2D eigenvalue weighted by molar-refractivity contribution is 8.18. The average Bonchev–Trinajstić information content (AvgIpc) is 3.07. The third-order valence-electron chi connectivity index (χ3n) is 4.55. The average molecular weight is 453 g/mol. The smallest absolute Gasteiger partial charge is 0.293 e. The molecule has 9 heteroatoms. The summed E-state index contributed by atoms with van der Waals surface area (Å²) in [6.07, 6.45) is 1.54. The van der Waals surface area contributed by atoms with E-state index in [1.807, 2.05) is 6.92 Å². The van der Waals surface area contributed by atoms with E-state index in [0.717, 1.165) is 22.2 Å². The summed E-state index contributed by atoms with van der Waals surface area (Å²) >= 11 is 13.0. The number of benzene rings is 1. The maximum atomic E-state index is 12.6. The molecule has 1 aliphatic heterocycles. The molecule has 1 fully saturated rings. The van der Waals surface area contributed by atoms with Crippen LogP contribution in [0.4, 0.5) is 4.79 Å². The van der Waals surface area contributed by atoms with Crippen LogP contribution in [0.25, 0.3) is 6.08 Å². The molecule has 0 saturated carbocycles. The van der Waals surface area contributed by atoms with Crippen molar-refractivity contribution in [2.45, 2.75) is 20.8 Å². The van der Waals surface area contributed by atoms with E-state index >= 15 is 0 Å². The predicted octanol–water partition coefficient (Wildman–Crippen LogP) is 4.98. The first-order chi connectivity index (χ1) is 13.7. The fourth-order valence-corrected chi connectivity index (χ4v) is 4.18. The zero-order valence-corrected chi connectivity index (χ0v) is 18.3. The minimum atomic E-state index is -0.434. The van der Waals surface area contributed by atoms with Gasteiger partial charge in [-0.2, -0.15) is 0 Å². The van der Waals surface area contributed by atoms with E-state index in [0.29, 0.717) is 32.7 Å². The van der Waals surface area contributed by atoms with E-state index in [4.69, 9.17) is 27.6 Å². The van der Waals surface area contributed by atoms with Gasteiger partial charge in [0.25, 0.3) is 17.1 Å². The van der Waals surface area contributed by atoms with Crippen LogP contribution in [-0.2, 0) is 4.79 Å². The minimum Gasteiger partial charge on any atom is -0.466 e. The number of carbonyl (C=O) groups excluding carboxylic acids is 3. The number of nitrogens with one attached hydrogen (secondary N) is 1. The summed E-state index contributed by atoms with van der Waals surface area (Å²) in [6.45, 7) is 5.51. The van der Waals surface area contributed by atoms with Gasteiger partial charge in [0.15, 0.2) is 0 Å². The van der Waals surface area contributed by atoms with Crippen molar-refractivity contribution in [3.05, 3.63) is 61.4 Å². The molecule has 0 bridgehead atoms. The van der Waals surface area contributed by atoms with E-state index in [1.54, 1.807) is 38.1 Å². The maximum absolute atomic E-state index is 12.6. The summed E-state index contributed by atoms with van der Waals surface area (Å²) in [7, 11) is 0. The topological polar surface area (TPSA) is 79.6 Å². The highest BCUT2D eigenvalue weighted by Gasteiger charge is 2.35. The summed E-state index contributed by atoms with van der Waals surface area (Å²) in [5.41, 5.74) is 1.80. The summed E-state index contributed by atoms with van der Waals surface area (Å²) < 4.78 is 5.46. The van der Waals surface area contributed by atoms with Crippen molar-refractivity contribution < 1.29 is 18.8 Å². The summed E-state index contributed by atoms with van der Waals surface area (Å²) in [4.78, 5) is 38.6. The SMILES string of the molecule is Cc1oc(C)c(C(=O)NCCN2C(=O)S/C(=C\c3cccc(Cl)c3Cl)C2=O)c1C. The lowest BCUT2D eigenvalue weighted by Crippen LogP contribution is -2.37. The fourth-order valence-electron chi connectivity index (χ4n) is 2.96. The molecule has 0 spiro atoms. The number of nitrogens with zero attached hydrogens (tertiary/aromatic N) is 1. The van der Waals surface area contributed by atoms with Crippen LogP contribution in [0.5, 0.6) is 0 Å². The second kappa shape index (κ2) is 8.65. The summed E-state index contributed by atoms with van der Waals surface area (Å²) in [5.74, 6) is 0.482. The Labute approximate surface area is 182 Å². The lowest BCUT2D eigenvalue weighted by molar-refractivity contribution is -0.122. The quantitative estimate of drug-likeness (QED) is 0.647. The van der Waals surface area contributed by atoms with Crippen molar-refractivity contribution in [2.24, 2.45) is 0 Å². The molecule has 3 amide bonds. The molecule has 1 aromatic carbocycles. The second-order valence-corrected chi connectivity index (χ2v) is 8.23. The van der Waals surface area contributed by atoms with Gasteiger partial charge >= 0.3 is 0 Å². The van der Waals surface area contributed by atoms with Crippen LogP contribution in [0.15, 0.2) is 27.5 Å². The summed E-state index contributed by atoms with van der Waals surface area (Å²) in [5, 5.41) is 3.01. The monoisotopic (exact) mass is 452 g/mol. The normalized spacial score (nSPS) is 15.5. The van der Waals surface area contributed by atoms with E-state index in [1.165, 1.54) is 0 Å². The van der Waals surface area contributed by atoms with Crippen LogP contribution >= 0.6 is 35.0 Å². The van der Waals surface area contributed by atoms with Crippen molar-refractivity contribution in [1.82, 2.24) is 10.2 Å². The Morgan fingerprint density at radius 1 is 1.21 bits per heavy atom. The van der Waals surface area contributed by atoms with Gasteiger partial charge in [-0.15, -0.1) is 0 Å². The number of imide groups is 1. The van der Waals surface area contributed by atoms with Crippen molar-refractivity contribution in [3.8, 4) is 0 Å². The van der Waals surface area contributed by atoms with Crippen molar-refractivity contribution in [1.29, 1.82) is 0 Å². The highest BCUT2D eigenvalue weighted by Crippen LogP contribution is 2.34. The third-order valence-corrected chi connectivity index (χ3v) is 6.29. The number of halogens is 2. The molecule has 2 aromatic rings. The highest BCUT2D eigenvalue weighted by atomic mass is 35.5. The van der Waals surface area contributed by atoms with E-state index in [9.17, 15) is 14.4 Å². The van der Waals surface area contributed by atoms with Gasteiger partial charge in [-0.05, 0) is 50.2 Å². The Morgan fingerprint density at radius 3 is 2.59 bits per heavy atom. The number of carbonyl (C=O) groups is 3. The molecular formula is C20H18Cl2N2O4S. The van der Waals surface area contributed by atoms with Crippen LogP contribution < -0.4 is 5.32 Å². The first-order valence-electron chi connectivity index (χ1n) is 8.75. The van der Waals surface area contributed by atoms with Gasteiger partial charge < -0.3 is 9.73 Å². The lowest BCUT2D eigenvalue weighted by Gasteiger charge is -2.13. The molecule has 29 heavy (non-hydrogen) atoms. The standard InChI is InChI=1S/C20H18Cl2N2O4S/c1-10-11(2)28-12(3)16(10)18(25)23-7-8-24-19(26)15(29-20(24)27)9-13-5-4-6-14(21)17(13)22/h4-6,9H,7-8H2,1-3H3,(H,23,25)/b15-9-. The molecule has 0 radical (unpaired) electrons. The van der Waals surface area contributed by atoms with Gasteiger partial charge in [-0.3, -0.25) is 19.3 Å². The Hall–Kier alpha value is -2.22. The molecule has 3 rings (SSSR count). The zero-order chi connectivity index (χ0) is 21.3. The van der Waals surface area contributed by atoms with Crippen molar-refractivity contribution >= 4 is 58.1 Å². The van der Waals surface area contributed by atoms with Gasteiger partial charge in [-0.25, -0.2) is 0 Å². The number of amides is 3. The number of hydrogen-bond acceptors (Lipinski definition) is 5. The van der Waals surface area contributed by atoms with Gasteiger partial charge in [-0.1, -0.05) is 35.3 Å². The Kier molecular flexibility index (Phi) is 6.41. The predicted molar refractivity (Wildman–Crippen MR) is 114 cm³/mol. The molecule has 1 aliphatic rings. The molecule has 1 N–H and O–H groups in total. The molecule has 0 unspecified atom stereocenters. The van der Waals surface area contributed by atoms with Crippen molar-refractivity contribution in [3.63, 3.8) is 0 Å². The summed E-state index contributed by atoms with van der Waals surface area (Å²) in [6, 6.07) is 5.06. The third kappa shape index (κ3) is 4.37. The van der Waals surface area contributed by atoms with Crippen LogP contribution in [0.2, 0.25) is 10.0 Å².